The van der Waals surface area contributed by atoms with Crippen molar-refractivity contribution in [2.24, 2.45) is 10.3 Å². The van der Waals surface area contributed by atoms with E-state index >= 15 is 0 Å². The summed E-state index contributed by atoms with van der Waals surface area (Å²) in [5.41, 5.74) is -0.496. The van der Waals surface area contributed by atoms with E-state index in [0.29, 0.717) is 12.2 Å². The average molecular weight is 446 g/mol. The van der Waals surface area contributed by atoms with E-state index in [-0.39, 0.29) is 5.56 Å². The third-order valence-corrected chi connectivity index (χ3v) is 6.81. The number of sulfonamides is 2. The maximum Gasteiger partial charge on any atom is 0.271 e. The molecular weight excluding hydrogens is 430 g/mol. The van der Waals surface area contributed by atoms with Gasteiger partial charge in [-0.25, -0.2) is 40.6 Å². The molecular formula is C16H16F2N4O5S2. The van der Waals surface area contributed by atoms with Crippen LogP contribution in [0.25, 0.3) is 0 Å². The van der Waals surface area contributed by atoms with E-state index in [1.807, 2.05) is 0 Å². The number of rotatable bonds is 4. The Labute approximate surface area is 164 Å². The highest BCUT2D eigenvalue weighted by molar-refractivity contribution is 7.91. The Bertz CT molecular complexity index is 1110. The van der Waals surface area contributed by atoms with Crippen LogP contribution in [0.1, 0.15) is 17.5 Å². The van der Waals surface area contributed by atoms with Gasteiger partial charge in [0.15, 0.2) is 0 Å². The molecule has 1 aromatic rings. The van der Waals surface area contributed by atoms with Crippen LogP contribution in [-0.4, -0.2) is 36.6 Å². The molecule has 0 atom stereocenters. The van der Waals surface area contributed by atoms with Crippen molar-refractivity contribution >= 4 is 20.0 Å². The lowest BCUT2D eigenvalue weighted by molar-refractivity contribution is 0.384. The number of nitrogens with zero attached hydrogens (tertiary/aromatic N) is 2. The van der Waals surface area contributed by atoms with Gasteiger partial charge in [0.2, 0.25) is 0 Å². The second kappa shape index (κ2) is 6.79. The first-order valence-corrected chi connectivity index (χ1v) is 11.1. The average Bonchev–Trinajstić information content (AvgIpc) is 2.62. The van der Waals surface area contributed by atoms with Gasteiger partial charge in [0.25, 0.3) is 35.6 Å². The van der Waals surface area contributed by atoms with E-state index in [9.17, 15) is 30.4 Å². The number of alkyl halides is 2. The molecule has 0 amide bonds. The summed E-state index contributed by atoms with van der Waals surface area (Å²) in [5.74, 6) is -0.761. The summed E-state index contributed by atoms with van der Waals surface area (Å²) in [4.78, 5) is 12.8. The lowest BCUT2D eigenvalue weighted by atomic mass is 9.95. The lowest BCUT2D eigenvalue weighted by Crippen LogP contribution is -2.38. The Morgan fingerprint density at radius 2 is 1.34 bits per heavy atom. The second-order valence-corrected chi connectivity index (χ2v) is 9.91. The van der Waals surface area contributed by atoms with E-state index < -0.39 is 47.6 Å². The standard InChI is InChI=1S/C16H16F2N4O5S2/c17-15(28(19,24)25)6-1-11(2-7-15)13-5-10-21-22(14(13)23)12-3-8-16(18,9-4-12)29(20,26)27/h1-12H,(H2,19,24,25)(H2,20,26,27). The van der Waals surface area contributed by atoms with Crippen molar-refractivity contribution < 1.29 is 25.6 Å². The Morgan fingerprint density at radius 3 is 1.79 bits per heavy atom. The van der Waals surface area contributed by atoms with Crippen molar-refractivity contribution in [1.29, 1.82) is 0 Å². The number of primary sulfonamides is 2. The summed E-state index contributed by atoms with van der Waals surface area (Å²) in [6, 6.07) is 0.467. The fourth-order valence-corrected chi connectivity index (χ4v) is 3.90. The summed E-state index contributed by atoms with van der Waals surface area (Å²) >= 11 is 0. The fraction of sp³-hybridized carbons (Fsp3) is 0.250. The number of hydrogen-bond donors (Lipinski definition) is 2. The van der Waals surface area contributed by atoms with Crippen LogP contribution in [0, 0.1) is 0 Å². The van der Waals surface area contributed by atoms with Gasteiger partial charge in [0.05, 0.1) is 6.04 Å². The summed E-state index contributed by atoms with van der Waals surface area (Å²) in [7, 11) is -9.09. The number of halogens is 2. The van der Waals surface area contributed by atoms with Gasteiger partial charge in [-0.1, -0.05) is 24.3 Å². The Kier molecular flexibility index (Phi) is 4.98. The van der Waals surface area contributed by atoms with Crippen molar-refractivity contribution in [1.82, 2.24) is 9.78 Å². The summed E-state index contributed by atoms with van der Waals surface area (Å²) < 4.78 is 74.9. The minimum absolute atomic E-state index is 0.134. The molecule has 1 aromatic heterocycles. The smallest absolute Gasteiger partial charge is 0.267 e. The fourth-order valence-electron chi connectivity index (χ4n) is 2.83. The highest BCUT2D eigenvalue weighted by Gasteiger charge is 2.40. The van der Waals surface area contributed by atoms with Crippen molar-refractivity contribution in [2.45, 2.75) is 22.0 Å². The topological polar surface area (TPSA) is 155 Å². The molecule has 13 heteroatoms. The zero-order valence-electron chi connectivity index (χ0n) is 14.6. The van der Waals surface area contributed by atoms with Gasteiger partial charge in [-0.15, -0.1) is 0 Å². The Morgan fingerprint density at radius 1 is 0.897 bits per heavy atom. The van der Waals surface area contributed by atoms with Crippen LogP contribution in [-0.2, 0) is 20.0 Å². The van der Waals surface area contributed by atoms with Crippen LogP contribution >= 0.6 is 0 Å². The van der Waals surface area contributed by atoms with E-state index in [1.54, 1.807) is 0 Å². The first-order chi connectivity index (χ1) is 13.3. The normalized spacial score (nSPS) is 31.9. The molecule has 3 rings (SSSR count). The van der Waals surface area contributed by atoms with Crippen molar-refractivity contribution in [3.63, 3.8) is 0 Å². The minimum Gasteiger partial charge on any atom is -0.267 e. The molecule has 0 aromatic carbocycles. The summed E-state index contributed by atoms with van der Waals surface area (Å²) in [5, 5.41) is 7.83. The summed E-state index contributed by atoms with van der Waals surface area (Å²) in [6.45, 7) is 0. The molecule has 0 radical (unpaired) electrons. The predicted octanol–water partition coefficient (Wildman–Crippen LogP) is 0.0286. The molecule has 4 N–H and O–H groups in total. The molecule has 0 spiro atoms. The van der Waals surface area contributed by atoms with Gasteiger partial charge < -0.3 is 0 Å². The van der Waals surface area contributed by atoms with Crippen LogP contribution in [0.2, 0.25) is 0 Å². The third kappa shape index (κ3) is 3.73. The highest BCUT2D eigenvalue weighted by Crippen LogP contribution is 2.31. The summed E-state index contributed by atoms with van der Waals surface area (Å²) in [6.07, 6.45) is 8.73. The molecule has 9 nitrogen and oxygen atoms in total. The van der Waals surface area contributed by atoms with Crippen molar-refractivity contribution in [2.75, 3.05) is 0 Å². The van der Waals surface area contributed by atoms with E-state index in [0.717, 1.165) is 29.0 Å². The van der Waals surface area contributed by atoms with Gasteiger partial charge in [-0.3, -0.25) is 4.79 Å². The van der Waals surface area contributed by atoms with Crippen LogP contribution in [0.4, 0.5) is 8.78 Å². The van der Waals surface area contributed by atoms with E-state index in [4.69, 9.17) is 10.3 Å². The zero-order valence-corrected chi connectivity index (χ0v) is 16.2. The molecule has 0 fully saturated rings. The molecule has 1 heterocycles. The highest BCUT2D eigenvalue weighted by atomic mass is 32.2. The van der Waals surface area contributed by atoms with Crippen molar-refractivity contribution in [3.05, 3.63) is 76.8 Å². The van der Waals surface area contributed by atoms with Gasteiger partial charge in [-0.05, 0) is 30.4 Å². The van der Waals surface area contributed by atoms with Gasteiger partial charge in [0.1, 0.15) is 0 Å². The first kappa shape index (κ1) is 21.2. The number of allylic oxidation sites excluding steroid dienone is 4. The minimum atomic E-state index is -4.55. The van der Waals surface area contributed by atoms with Gasteiger partial charge in [-0.2, -0.15) is 5.10 Å². The van der Waals surface area contributed by atoms with Gasteiger partial charge >= 0.3 is 0 Å². The molecule has 2 aliphatic carbocycles. The van der Waals surface area contributed by atoms with Crippen LogP contribution in [0.3, 0.4) is 0 Å². The molecule has 156 valence electrons. The molecule has 0 bridgehead atoms. The maximum absolute atomic E-state index is 14.3. The molecule has 0 saturated carbocycles. The molecule has 29 heavy (non-hydrogen) atoms. The maximum atomic E-state index is 14.3. The van der Waals surface area contributed by atoms with Crippen LogP contribution in [0.15, 0.2) is 65.7 Å². The lowest BCUT2D eigenvalue weighted by Gasteiger charge is -2.23. The number of hydrogen-bond acceptors (Lipinski definition) is 6. The molecule has 0 unspecified atom stereocenters. The van der Waals surface area contributed by atoms with E-state index in [1.165, 1.54) is 24.4 Å². The van der Waals surface area contributed by atoms with Crippen molar-refractivity contribution in [3.8, 4) is 0 Å². The van der Waals surface area contributed by atoms with Crippen LogP contribution < -0.4 is 15.8 Å². The molecule has 2 aliphatic rings. The van der Waals surface area contributed by atoms with E-state index in [2.05, 4.69) is 5.10 Å². The quantitative estimate of drug-likeness (QED) is 0.622. The van der Waals surface area contributed by atoms with Crippen LogP contribution in [0.5, 0.6) is 0 Å². The SMILES string of the molecule is NS(=O)(=O)C1(F)C=CC(c2ccnn(C3C=CC(F)(S(N)(=O)=O)C=C3)c2=O)C=C1. The Hall–Kier alpha value is -2.48. The number of aromatic nitrogens is 2. The largest absolute Gasteiger partial charge is 0.271 e. The molecule has 0 saturated heterocycles. The Balaban J connectivity index is 1.93. The first-order valence-electron chi connectivity index (χ1n) is 8.05. The zero-order chi connectivity index (χ0) is 21.7. The third-order valence-electron chi connectivity index (χ3n) is 4.52. The van der Waals surface area contributed by atoms with Gasteiger partial charge in [0, 0.05) is 17.7 Å². The second-order valence-electron chi connectivity index (χ2n) is 6.47. The number of nitrogens with two attached hydrogens (primary N) is 2. The monoisotopic (exact) mass is 446 g/mol. The predicted molar refractivity (Wildman–Crippen MR) is 101 cm³/mol. The molecule has 0 aliphatic heterocycles.